The molecule has 0 fully saturated rings. The molecule has 3 nitrogen and oxygen atoms in total. The second-order valence-corrected chi connectivity index (χ2v) is 4.06. The van der Waals surface area contributed by atoms with Crippen molar-refractivity contribution in [1.29, 1.82) is 0 Å². The van der Waals surface area contributed by atoms with E-state index in [1.54, 1.807) is 0 Å². The lowest BCUT2D eigenvalue weighted by molar-refractivity contribution is 0.103. The molecule has 86 valence electrons. The fraction of sp³-hybridized carbons (Fsp3) is 1.00. The molecule has 0 aliphatic carbocycles. The van der Waals surface area contributed by atoms with Crippen LogP contribution in [0.2, 0.25) is 0 Å². The first kappa shape index (κ1) is 13.9. The maximum atomic E-state index is 9.35. The maximum absolute atomic E-state index is 9.35. The molecule has 0 rings (SSSR count). The van der Waals surface area contributed by atoms with E-state index in [1.165, 1.54) is 0 Å². The number of rotatable bonds is 8. The van der Waals surface area contributed by atoms with Crippen LogP contribution in [0.4, 0.5) is 0 Å². The molecule has 1 atom stereocenters. The number of hydrogen-bond acceptors (Lipinski definition) is 3. The van der Waals surface area contributed by atoms with Gasteiger partial charge in [0.2, 0.25) is 0 Å². The summed E-state index contributed by atoms with van der Waals surface area (Å²) in [5.41, 5.74) is -0.00649. The summed E-state index contributed by atoms with van der Waals surface area (Å²) in [5, 5.41) is 21.9. The van der Waals surface area contributed by atoms with Gasteiger partial charge in [0.05, 0.1) is 6.10 Å². The van der Waals surface area contributed by atoms with E-state index in [2.05, 4.69) is 19.2 Å². The van der Waals surface area contributed by atoms with E-state index in [0.29, 0.717) is 6.54 Å². The molecule has 0 aromatic heterocycles. The van der Waals surface area contributed by atoms with E-state index >= 15 is 0 Å². The van der Waals surface area contributed by atoms with E-state index in [9.17, 15) is 10.2 Å². The van der Waals surface area contributed by atoms with Gasteiger partial charge in [0.15, 0.2) is 0 Å². The summed E-state index contributed by atoms with van der Waals surface area (Å²) in [6.45, 7) is 7.78. The Labute approximate surface area is 87.5 Å². The van der Waals surface area contributed by atoms with E-state index in [1.807, 2.05) is 6.92 Å². The number of nitrogens with one attached hydrogen (secondary N) is 1. The lowest BCUT2D eigenvalue weighted by atomic mass is 9.83. The minimum atomic E-state index is -0.264. The van der Waals surface area contributed by atoms with Gasteiger partial charge in [-0.25, -0.2) is 0 Å². The smallest absolute Gasteiger partial charge is 0.0662 e. The van der Waals surface area contributed by atoms with Gasteiger partial charge in [0.1, 0.15) is 0 Å². The fourth-order valence-electron chi connectivity index (χ4n) is 1.43. The summed E-state index contributed by atoms with van der Waals surface area (Å²) in [4.78, 5) is 0. The molecule has 3 N–H and O–H groups in total. The Kier molecular flexibility index (Phi) is 7.15. The molecule has 0 spiro atoms. The molecule has 0 aliphatic heterocycles. The molecule has 0 amide bonds. The molecule has 0 bridgehead atoms. The lowest BCUT2D eigenvalue weighted by Crippen LogP contribution is -2.39. The zero-order valence-electron chi connectivity index (χ0n) is 9.71. The first-order valence-corrected chi connectivity index (χ1v) is 5.63. The number of aliphatic hydroxyl groups excluding tert-OH is 2. The van der Waals surface area contributed by atoms with Crippen molar-refractivity contribution >= 4 is 0 Å². The minimum absolute atomic E-state index is 0.00649. The summed E-state index contributed by atoms with van der Waals surface area (Å²) >= 11 is 0. The van der Waals surface area contributed by atoms with Crippen LogP contribution in [0.5, 0.6) is 0 Å². The predicted molar refractivity (Wildman–Crippen MR) is 59.3 cm³/mol. The Morgan fingerprint density at radius 2 is 1.79 bits per heavy atom. The van der Waals surface area contributed by atoms with Crippen molar-refractivity contribution in [3.05, 3.63) is 0 Å². The standard InChI is InChI=1S/C11H25NO2/c1-4-10(14)7-12-8-11(5-2,6-3)9-13/h10,12-14H,4-9H2,1-3H3. The fourth-order valence-corrected chi connectivity index (χ4v) is 1.43. The molecular formula is C11H25NO2. The lowest BCUT2D eigenvalue weighted by Gasteiger charge is -2.30. The molecule has 14 heavy (non-hydrogen) atoms. The first-order chi connectivity index (χ1) is 6.64. The van der Waals surface area contributed by atoms with Gasteiger partial charge in [-0.15, -0.1) is 0 Å². The van der Waals surface area contributed by atoms with Gasteiger partial charge in [-0.3, -0.25) is 0 Å². The molecule has 3 heteroatoms. The monoisotopic (exact) mass is 203 g/mol. The average molecular weight is 203 g/mol. The Hall–Kier alpha value is -0.120. The molecule has 1 unspecified atom stereocenters. The Balaban J connectivity index is 3.82. The van der Waals surface area contributed by atoms with Gasteiger partial charge in [-0.1, -0.05) is 20.8 Å². The summed E-state index contributed by atoms with van der Waals surface area (Å²) in [6.07, 6.45) is 2.45. The highest BCUT2D eigenvalue weighted by Crippen LogP contribution is 2.24. The van der Waals surface area contributed by atoms with Gasteiger partial charge < -0.3 is 15.5 Å². The predicted octanol–water partition coefficient (Wildman–Crippen LogP) is 1.15. The van der Waals surface area contributed by atoms with Gasteiger partial charge in [0, 0.05) is 25.1 Å². The van der Waals surface area contributed by atoms with Crippen molar-refractivity contribution in [2.75, 3.05) is 19.7 Å². The second-order valence-electron chi connectivity index (χ2n) is 4.06. The summed E-state index contributed by atoms with van der Waals surface area (Å²) in [7, 11) is 0. The highest BCUT2D eigenvalue weighted by molar-refractivity contribution is 4.78. The van der Waals surface area contributed by atoms with Crippen LogP contribution in [-0.2, 0) is 0 Å². The van der Waals surface area contributed by atoms with E-state index in [-0.39, 0.29) is 18.1 Å². The van der Waals surface area contributed by atoms with Crippen LogP contribution >= 0.6 is 0 Å². The van der Waals surface area contributed by atoms with E-state index in [0.717, 1.165) is 25.8 Å². The van der Waals surface area contributed by atoms with Crippen LogP contribution in [0.25, 0.3) is 0 Å². The average Bonchev–Trinajstić information content (AvgIpc) is 2.25. The third-order valence-electron chi connectivity index (χ3n) is 3.19. The largest absolute Gasteiger partial charge is 0.396 e. The van der Waals surface area contributed by atoms with Crippen molar-refractivity contribution in [1.82, 2.24) is 5.32 Å². The van der Waals surface area contributed by atoms with Crippen LogP contribution in [-0.4, -0.2) is 36.0 Å². The van der Waals surface area contributed by atoms with E-state index < -0.39 is 0 Å². The minimum Gasteiger partial charge on any atom is -0.396 e. The van der Waals surface area contributed by atoms with Gasteiger partial charge in [0.25, 0.3) is 0 Å². The van der Waals surface area contributed by atoms with Crippen molar-refractivity contribution in [2.45, 2.75) is 46.1 Å². The highest BCUT2D eigenvalue weighted by atomic mass is 16.3. The van der Waals surface area contributed by atoms with Gasteiger partial charge >= 0.3 is 0 Å². The Morgan fingerprint density at radius 1 is 1.21 bits per heavy atom. The quantitative estimate of drug-likeness (QED) is 0.554. The third kappa shape index (κ3) is 4.40. The molecular weight excluding hydrogens is 178 g/mol. The third-order valence-corrected chi connectivity index (χ3v) is 3.19. The first-order valence-electron chi connectivity index (χ1n) is 5.63. The SMILES string of the molecule is CCC(O)CNCC(CC)(CC)CO. The van der Waals surface area contributed by atoms with Gasteiger partial charge in [-0.2, -0.15) is 0 Å². The van der Waals surface area contributed by atoms with Crippen molar-refractivity contribution in [3.8, 4) is 0 Å². The van der Waals surface area contributed by atoms with Crippen LogP contribution in [0.3, 0.4) is 0 Å². The molecule has 0 aromatic rings. The van der Waals surface area contributed by atoms with Crippen molar-refractivity contribution < 1.29 is 10.2 Å². The second kappa shape index (κ2) is 7.21. The Morgan fingerprint density at radius 3 is 2.14 bits per heavy atom. The number of aliphatic hydroxyl groups is 2. The van der Waals surface area contributed by atoms with Crippen LogP contribution in [0.1, 0.15) is 40.0 Å². The molecule has 0 heterocycles. The molecule has 0 saturated heterocycles. The van der Waals surface area contributed by atoms with Crippen LogP contribution in [0.15, 0.2) is 0 Å². The topological polar surface area (TPSA) is 52.5 Å². The molecule has 0 saturated carbocycles. The van der Waals surface area contributed by atoms with Crippen molar-refractivity contribution in [2.24, 2.45) is 5.41 Å². The molecule has 0 aromatic carbocycles. The van der Waals surface area contributed by atoms with Gasteiger partial charge in [-0.05, 0) is 19.3 Å². The zero-order chi connectivity index (χ0) is 11.0. The summed E-state index contributed by atoms with van der Waals surface area (Å²) in [6, 6.07) is 0. The normalized spacial score (nSPS) is 14.4. The zero-order valence-corrected chi connectivity index (χ0v) is 9.71. The van der Waals surface area contributed by atoms with E-state index in [4.69, 9.17) is 0 Å². The molecule has 0 radical (unpaired) electrons. The summed E-state index contributed by atoms with van der Waals surface area (Å²) < 4.78 is 0. The summed E-state index contributed by atoms with van der Waals surface area (Å²) in [5.74, 6) is 0. The van der Waals surface area contributed by atoms with Crippen molar-refractivity contribution in [3.63, 3.8) is 0 Å². The Bertz CT molecular complexity index is 127. The highest BCUT2D eigenvalue weighted by Gasteiger charge is 2.24. The van der Waals surface area contributed by atoms with Crippen LogP contribution < -0.4 is 5.32 Å². The maximum Gasteiger partial charge on any atom is 0.0662 e. The molecule has 0 aliphatic rings. The van der Waals surface area contributed by atoms with Crippen LogP contribution in [0, 0.1) is 5.41 Å². The number of hydrogen-bond donors (Lipinski definition) is 3.